The third-order valence-electron chi connectivity index (χ3n) is 5.67. The zero-order chi connectivity index (χ0) is 25.7. The fraction of sp³-hybridized carbons (Fsp3) is 0.172. The number of methoxy groups -OCH3 is 1. The van der Waals surface area contributed by atoms with Gasteiger partial charge in [0.05, 0.1) is 18.6 Å². The van der Waals surface area contributed by atoms with Crippen molar-refractivity contribution in [2.45, 2.75) is 26.5 Å². The zero-order valence-corrected chi connectivity index (χ0v) is 21.7. The number of allylic oxidation sites excluding steroid dienone is 1. The molecule has 5 nitrogen and oxygen atoms in total. The van der Waals surface area contributed by atoms with Crippen molar-refractivity contribution in [1.82, 2.24) is 4.90 Å². The number of halogens is 1. The fourth-order valence-electron chi connectivity index (χ4n) is 3.79. The predicted molar refractivity (Wildman–Crippen MR) is 145 cm³/mol. The number of rotatable bonds is 9. The van der Waals surface area contributed by atoms with Crippen molar-refractivity contribution in [2.24, 2.45) is 0 Å². The molecule has 0 aromatic heterocycles. The summed E-state index contributed by atoms with van der Waals surface area (Å²) >= 11 is 6.92. The van der Waals surface area contributed by atoms with Gasteiger partial charge in [-0.05, 0) is 72.1 Å². The second kappa shape index (κ2) is 11.5. The van der Waals surface area contributed by atoms with Gasteiger partial charge in [-0.1, -0.05) is 59.6 Å². The summed E-state index contributed by atoms with van der Waals surface area (Å²) in [6.07, 6.45) is 4.05. The van der Waals surface area contributed by atoms with Crippen LogP contribution in [0.3, 0.4) is 0 Å². The third kappa shape index (κ3) is 6.01. The highest BCUT2D eigenvalue weighted by Crippen LogP contribution is 2.38. The number of ether oxygens (including phenoxy) is 2. The van der Waals surface area contributed by atoms with Crippen LogP contribution in [0.25, 0.3) is 6.08 Å². The van der Waals surface area contributed by atoms with Gasteiger partial charge in [0.25, 0.3) is 11.1 Å². The molecule has 0 bridgehead atoms. The Balaban J connectivity index is 1.58. The summed E-state index contributed by atoms with van der Waals surface area (Å²) in [7, 11) is 1.57. The summed E-state index contributed by atoms with van der Waals surface area (Å²) in [6, 6.07) is 19.0. The Bertz CT molecular complexity index is 1320. The minimum Gasteiger partial charge on any atom is -0.493 e. The van der Waals surface area contributed by atoms with Gasteiger partial charge in [0.1, 0.15) is 6.61 Å². The lowest BCUT2D eigenvalue weighted by Crippen LogP contribution is -2.27. The van der Waals surface area contributed by atoms with Crippen LogP contribution in [-0.4, -0.2) is 23.2 Å². The number of hydrogen-bond donors (Lipinski definition) is 0. The molecule has 1 aliphatic rings. The van der Waals surface area contributed by atoms with E-state index in [-0.39, 0.29) is 17.7 Å². The van der Waals surface area contributed by atoms with Crippen LogP contribution < -0.4 is 9.47 Å². The first-order valence-corrected chi connectivity index (χ1v) is 12.6. The van der Waals surface area contributed by atoms with Crippen molar-refractivity contribution in [1.29, 1.82) is 0 Å². The molecule has 36 heavy (non-hydrogen) atoms. The van der Waals surface area contributed by atoms with E-state index in [0.29, 0.717) is 34.5 Å². The molecule has 0 unspecified atom stereocenters. The van der Waals surface area contributed by atoms with Crippen molar-refractivity contribution in [3.63, 3.8) is 0 Å². The highest BCUT2D eigenvalue weighted by molar-refractivity contribution is 8.18. The van der Waals surface area contributed by atoms with Gasteiger partial charge in [-0.3, -0.25) is 14.5 Å². The Hall–Kier alpha value is -3.48. The molecule has 0 aliphatic carbocycles. The van der Waals surface area contributed by atoms with Crippen LogP contribution in [-0.2, 0) is 24.4 Å². The maximum absolute atomic E-state index is 13.0. The van der Waals surface area contributed by atoms with Gasteiger partial charge in [-0.2, -0.15) is 0 Å². The van der Waals surface area contributed by atoms with Crippen LogP contribution in [0.15, 0.2) is 78.2 Å². The summed E-state index contributed by atoms with van der Waals surface area (Å²) < 4.78 is 11.7. The van der Waals surface area contributed by atoms with E-state index in [0.717, 1.165) is 39.6 Å². The molecule has 1 fully saturated rings. The second-order valence-corrected chi connectivity index (χ2v) is 9.80. The molecule has 184 valence electrons. The van der Waals surface area contributed by atoms with E-state index in [4.69, 9.17) is 21.1 Å². The summed E-state index contributed by atoms with van der Waals surface area (Å²) in [4.78, 5) is 27.3. The molecule has 0 saturated carbocycles. The second-order valence-electron chi connectivity index (χ2n) is 8.37. The van der Waals surface area contributed by atoms with Crippen LogP contribution in [0.2, 0.25) is 5.02 Å². The summed E-state index contributed by atoms with van der Waals surface area (Å²) in [5, 5.41) is 0.379. The topological polar surface area (TPSA) is 55.8 Å². The van der Waals surface area contributed by atoms with Gasteiger partial charge in [-0.25, -0.2) is 0 Å². The Labute approximate surface area is 220 Å². The molecule has 1 heterocycles. The van der Waals surface area contributed by atoms with Crippen molar-refractivity contribution in [3.8, 4) is 11.5 Å². The number of amides is 2. The number of imide groups is 1. The number of benzene rings is 3. The normalized spacial score (nSPS) is 14.4. The van der Waals surface area contributed by atoms with E-state index < -0.39 is 0 Å². The van der Waals surface area contributed by atoms with E-state index in [1.165, 1.54) is 4.90 Å². The summed E-state index contributed by atoms with van der Waals surface area (Å²) in [5.74, 6) is 0.836. The number of carbonyl (C=O) groups excluding carboxylic acids is 2. The molecule has 1 saturated heterocycles. The monoisotopic (exact) mass is 519 g/mol. The van der Waals surface area contributed by atoms with E-state index in [1.54, 1.807) is 25.3 Å². The standard InChI is InChI=1S/C29H26ClNO4S/c1-4-5-23-14-22(15-25(34-3)27(23)35-18-21-10-12-24(30)13-11-21)16-26-28(32)31(29(33)36-26)17-20-8-6-19(2)7-9-20/h4,6-16H,1,5,17-18H2,2-3H3/b26-16-. The molecule has 3 aromatic rings. The van der Waals surface area contributed by atoms with Gasteiger partial charge in [0.2, 0.25) is 0 Å². The van der Waals surface area contributed by atoms with E-state index in [2.05, 4.69) is 6.58 Å². The number of hydrogen-bond acceptors (Lipinski definition) is 5. The average Bonchev–Trinajstić information content (AvgIpc) is 3.12. The van der Waals surface area contributed by atoms with Crippen molar-refractivity contribution < 1.29 is 19.1 Å². The predicted octanol–water partition coefficient (Wildman–Crippen LogP) is 7.20. The molecule has 2 amide bonds. The first kappa shape index (κ1) is 25.6. The van der Waals surface area contributed by atoms with Crippen molar-refractivity contribution >= 4 is 40.6 Å². The first-order valence-electron chi connectivity index (χ1n) is 11.4. The van der Waals surface area contributed by atoms with Gasteiger partial charge in [-0.15, -0.1) is 6.58 Å². The zero-order valence-electron chi connectivity index (χ0n) is 20.1. The highest BCUT2D eigenvalue weighted by Gasteiger charge is 2.35. The first-order chi connectivity index (χ1) is 17.4. The highest BCUT2D eigenvalue weighted by atomic mass is 35.5. The maximum Gasteiger partial charge on any atom is 0.293 e. The average molecular weight is 520 g/mol. The van der Waals surface area contributed by atoms with Gasteiger partial charge >= 0.3 is 0 Å². The Morgan fingerprint density at radius 1 is 1.03 bits per heavy atom. The molecule has 1 aliphatic heterocycles. The van der Waals surface area contributed by atoms with E-state index in [1.807, 2.05) is 61.5 Å². The van der Waals surface area contributed by atoms with Gasteiger partial charge < -0.3 is 9.47 Å². The quantitative estimate of drug-likeness (QED) is 0.221. The Morgan fingerprint density at radius 3 is 2.39 bits per heavy atom. The molecule has 0 atom stereocenters. The van der Waals surface area contributed by atoms with E-state index >= 15 is 0 Å². The number of thioether (sulfide) groups is 1. The lowest BCUT2D eigenvalue weighted by molar-refractivity contribution is -0.123. The SMILES string of the molecule is C=CCc1cc(/C=C2\SC(=O)N(Cc3ccc(C)cc3)C2=O)cc(OC)c1OCc1ccc(Cl)cc1. The van der Waals surface area contributed by atoms with Crippen LogP contribution >= 0.6 is 23.4 Å². The van der Waals surface area contributed by atoms with E-state index in [9.17, 15) is 9.59 Å². The number of nitrogens with zero attached hydrogens (tertiary/aromatic N) is 1. The molecular weight excluding hydrogens is 494 g/mol. The molecule has 4 rings (SSSR count). The minimum atomic E-state index is -0.308. The molecule has 0 N–H and O–H groups in total. The molecule has 3 aromatic carbocycles. The smallest absolute Gasteiger partial charge is 0.293 e. The maximum atomic E-state index is 13.0. The summed E-state index contributed by atoms with van der Waals surface area (Å²) in [5.41, 5.74) is 4.60. The Kier molecular flexibility index (Phi) is 8.18. The van der Waals surface area contributed by atoms with Crippen molar-refractivity contribution in [3.05, 3.63) is 111 Å². The molecule has 7 heteroatoms. The van der Waals surface area contributed by atoms with Gasteiger partial charge in [0, 0.05) is 10.6 Å². The molecular formula is C29H26ClNO4S. The van der Waals surface area contributed by atoms with Crippen molar-refractivity contribution in [2.75, 3.05) is 7.11 Å². The van der Waals surface area contributed by atoms with Gasteiger partial charge in [0.15, 0.2) is 11.5 Å². The van der Waals surface area contributed by atoms with Crippen LogP contribution in [0, 0.1) is 6.92 Å². The van der Waals surface area contributed by atoms with Crippen LogP contribution in [0.5, 0.6) is 11.5 Å². The largest absolute Gasteiger partial charge is 0.493 e. The third-order valence-corrected chi connectivity index (χ3v) is 6.83. The number of carbonyl (C=O) groups is 2. The molecule has 0 radical (unpaired) electrons. The Morgan fingerprint density at radius 2 is 1.72 bits per heavy atom. The van der Waals surface area contributed by atoms with Crippen LogP contribution in [0.4, 0.5) is 4.79 Å². The number of aryl methyl sites for hydroxylation is 1. The lowest BCUT2D eigenvalue weighted by Gasteiger charge is -2.16. The molecule has 0 spiro atoms. The fourth-order valence-corrected chi connectivity index (χ4v) is 4.75. The van der Waals surface area contributed by atoms with Crippen LogP contribution in [0.1, 0.15) is 27.8 Å². The minimum absolute atomic E-state index is 0.241. The summed E-state index contributed by atoms with van der Waals surface area (Å²) in [6.45, 7) is 6.43. The lowest BCUT2D eigenvalue weighted by atomic mass is 10.0.